The third-order valence-corrected chi connectivity index (χ3v) is 2.63. The lowest BCUT2D eigenvalue weighted by atomic mass is 10.3. The lowest BCUT2D eigenvalue weighted by Gasteiger charge is -2.11. The number of rotatable bonds is 2. The molecular formula is C8H10N2OS. The van der Waals surface area contributed by atoms with Gasteiger partial charge in [-0.3, -0.25) is 0 Å². The van der Waals surface area contributed by atoms with E-state index in [2.05, 4.69) is 16.8 Å². The Morgan fingerprint density at radius 3 is 3.17 bits per heavy atom. The number of carbonyl (C=O) groups excluding carboxylic acids is 1. The molecule has 1 aliphatic heterocycles. The number of hydrogen-bond acceptors (Lipinski definition) is 2. The van der Waals surface area contributed by atoms with Crippen molar-refractivity contribution in [1.29, 1.82) is 0 Å². The SMILES string of the molecule is O=C1NCCN1Cc1ccsc1. The van der Waals surface area contributed by atoms with E-state index in [1.54, 1.807) is 11.3 Å². The van der Waals surface area contributed by atoms with Gasteiger partial charge in [-0.15, -0.1) is 0 Å². The van der Waals surface area contributed by atoms with Crippen LogP contribution in [0.2, 0.25) is 0 Å². The molecule has 2 rings (SSSR count). The highest BCUT2D eigenvalue weighted by molar-refractivity contribution is 7.07. The Labute approximate surface area is 75.0 Å². The first-order valence-electron chi connectivity index (χ1n) is 3.90. The lowest BCUT2D eigenvalue weighted by Crippen LogP contribution is -2.27. The predicted octanol–water partition coefficient (Wildman–Crippen LogP) is 1.27. The van der Waals surface area contributed by atoms with Crippen LogP contribution < -0.4 is 5.32 Å². The number of carbonyl (C=O) groups is 1. The van der Waals surface area contributed by atoms with Crippen LogP contribution in [0.3, 0.4) is 0 Å². The molecule has 2 heterocycles. The topological polar surface area (TPSA) is 32.3 Å². The molecule has 0 aromatic carbocycles. The van der Waals surface area contributed by atoms with Crippen molar-refractivity contribution >= 4 is 17.4 Å². The average Bonchev–Trinajstić information content (AvgIpc) is 2.65. The van der Waals surface area contributed by atoms with Gasteiger partial charge >= 0.3 is 6.03 Å². The highest BCUT2D eigenvalue weighted by Crippen LogP contribution is 2.10. The minimum Gasteiger partial charge on any atom is -0.336 e. The van der Waals surface area contributed by atoms with Gasteiger partial charge in [0.25, 0.3) is 0 Å². The first-order chi connectivity index (χ1) is 5.86. The van der Waals surface area contributed by atoms with Gasteiger partial charge in [-0.1, -0.05) is 0 Å². The Bertz CT molecular complexity index is 271. The van der Waals surface area contributed by atoms with E-state index in [-0.39, 0.29) is 6.03 Å². The summed E-state index contributed by atoms with van der Waals surface area (Å²) in [6.07, 6.45) is 0. The Kier molecular flexibility index (Phi) is 1.99. The number of nitrogens with one attached hydrogen (secondary N) is 1. The van der Waals surface area contributed by atoms with Crippen molar-refractivity contribution in [1.82, 2.24) is 10.2 Å². The molecule has 1 fully saturated rings. The molecular weight excluding hydrogens is 172 g/mol. The fourth-order valence-corrected chi connectivity index (χ4v) is 1.92. The van der Waals surface area contributed by atoms with E-state index >= 15 is 0 Å². The number of urea groups is 1. The van der Waals surface area contributed by atoms with E-state index < -0.39 is 0 Å². The van der Waals surface area contributed by atoms with Crippen LogP contribution in [0.25, 0.3) is 0 Å². The first kappa shape index (κ1) is 7.61. The highest BCUT2D eigenvalue weighted by atomic mass is 32.1. The van der Waals surface area contributed by atoms with Crippen LogP contribution in [0.15, 0.2) is 16.8 Å². The summed E-state index contributed by atoms with van der Waals surface area (Å²) in [4.78, 5) is 12.9. The van der Waals surface area contributed by atoms with E-state index in [1.165, 1.54) is 5.56 Å². The van der Waals surface area contributed by atoms with Crippen molar-refractivity contribution in [3.05, 3.63) is 22.4 Å². The van der Waals surface area contributed by atoms with E-state index in [9.17, 15) is 4.79 Å². The molecule has 1 aromatic rings. The molecule has 1 N–H and O–H groups in total. The summed E-state index contributed by atoms with van der Waals surface area (Å²) in [5.74, 6) is 0. The summed E-state index contributed by atoms with van der Waals surface area (Å²) in [6, 6.07) is 2.11. The molecule has 12 heavy (non-hydrogen) atoms. The fourth-order valence-electron chi connectivity index (χ4n) is 1.27. The van der Waals surface area contributed by atoms with Gasteiger partial charge in [-0.2, -0.15) is 11.3 Å². The van der Waals surface area contributed by atoms with E-state index in [1.807, 2.05) is 10.3 Å². The molecule has 0 bridgehead atoms. The summed E-state index contributed by atoms with van der Waals surface area (Å²) in [6.45, 7) is 2.35. The predicted molar refractivity (Wildman–Crippen MR) is 48.1 cm³/mol. The Hall–Kier alpha value is -1.03. The maximum atomic E-state index is 11.1. The summed E-state index contributed by atoms with van der Waals surface area (Å²) in [7, 11) is 0. The normalized spacial score (nSPS) is 16.7. The average molecular weight is 182 g/mol. The van der Waals surface area contributed by atoms with Gasteiger partial charge < -0.3 is 10.2 Å². The molecule has 4 heteroatoms. The van der Waals surface area contributed by atoms with Crippen LogP contribution in [0, 0.1) is 0 Å². The maximum Gasteiger partial charge on any atom is 0.317 e. The zero-order valence-electron chi connectivity index (χ0n) is 6.62. The Morgan fingerprint density at radius 2 is 2.58 bits per heavy atom. The number of thiophene rings is 1. The molecule has 0 saturated carbocycles. The van der Waals surface area contributed by atoms with Crippen LogP contribution in [0.4, 0.5) is 4.79 Å². The second kappa shape index (κ2) is 3.15. The molecule has 0 spiro atoms. The molecule has 1 aromatic heterocycles. The summed E-state index contributed by atoms with van der Waals surface area (Å²) in [5.41, 5.74) is 1.22. The molecule has 2 amide bonds. The standard InChI is InChI=1S/C8H10N2OS/c11-8-9-2-3-10(8)5-7-1-4-12-6-7/h1,4,6H,2-3,5H2,(H,9,11). The quantitative estimate of drug-likeness (QED) is 0.734. The third-order valence-electron chi connectivity index (χ3n) is 1.90. The third kappa shape index (κ3) is 1.43. The highest BCUT2D eigenvalue weighted by Gasteiger charge is 2.18. The summed E-state index contributed by atoms with van der Waals surface area (Å²) < 4.78 is 0. The smallest absolute Gasteiger partial charge is 0.317 e. The van der Waals surface area contributed by atoms with Crippen LogP contribution in [-0.2, 0) is 6.54 Å². The molecule has 1 aliphatic rings. The molecule has 64 valence electrons. The van der Waals surface area contributed by atoms with Gasteiger partial charge in [0.1, 0.15) is 0 Å². The van der Waals surface area contributed by atoms with Crippen molar-refractivity contribution in [2.75, 3.05) is 13.1 Å². The van der Waals surface area contributed by atoms with Crippen LogP contribution >= 0.6 is 11.3 Å². The van der Waals surface area contributed by atoms with Crippen molar-refractivity contribution in [3.8, 4) is 0 Å². The van der Waals surface area contributed by atoms with Crippen molar-refractivity contribution in [3.63, 3.8) is 0 Å². The van der Waals surface area contributed by atoms with E-state index in [0.717, 1.165) is 19.6 Å². The first-order valence-corrected chi connectivity index (χ1v) is 4.84. The van der Waals surface area contributed by atoms with Crippen LogP contribution in [0.5, 0.6) is 0 Å². The zero-order valence-corrected chi connectivity index (χ0v) is 7.43. The van der Waals surface area contributed by atoms with Gasteiger partial charge in [0.05, 0.1) is 0 Å². The zero-order chi connectivity index (χ0) is 8.39. The van der Waals surface area contributed by atoms with Crippen molar-refractivity contribution < 1.29 is 4.79 Å². The second-order valence-electron chi connectivity index (χ2n) is 2.79. The van der Waals surface area contributed by atoms with Crippen molar-refractivity contribution in [2.45, 2.75) is 6.54 Å². The van der Waals surface area contributed by atoms with Gasteiger partial charge in [0.2, 0.25) is 0 Å². The van der Waals surface area contributed by atoms with Crippen LogP contribution in [0.1, 0.15) is 5.56 Å². The number of amides is 2. The Balaban J connectivity index is 1.99. The van der Waals surface area contributed by atoms with Crippen LogP contribution in [-0.4, -0.2) is 24.0 Å². The molecule has 0 unspecified atom stereocenters. The number of nitrogens with zero attached hydrogens (tertiary/aromatic N) is 1. The molecule has 0 atom stereocenters. The molecule has 0 aliphatic carbocycles. The molecule has 0 radical (unpaired) electrons. The maximum absolute atomic E-state index is 11.1. The summed E-state index contributed by atoms with van der Waals surface area (Å²) >= 11 is 1.67. The largest absolute Gasteiger partial charge is 0.336 e. The fraction of sp³-hybridized carbons (Fsp3) is 0.375. The van der Waals surface area contributed by atoms with Gasteiger partial charge in [0.15, 0.2) is 0 Å². The molecule has 1 saturated heterocycles. The Morgan fingerprint density at radius 1 is 1.67 bits per heavy atom. The van der Waals surface area contributed by atoms with Gasteiger partial charge in [-0.25, -0.2) is 4.79 Å². The van der Waals surface area contributed by atoms with E-state index in [0.29, 0.717) is 0 Å². The van der Waals surface area contributed by atoms with E-state index in [4.69, 9.17) is 0 Å². The van der Waals surface area contributed by atoms with Crippen molar-refractivity contribution in [2.24, 2.45) is 0 Å². The minimum absolute atomic E-state index is 0.0567. The second-order valence-corrected chi connectivity index (χ2v) is 3.57. The van der Waals surface area contributed by atoms with Gasteiger partial charge in [0, 0.05) is 19.6 Å². The molecule has 3 nitrogen and oxygen atoms in total. The number of hydrogen-bond donors (Lipinski definition) is 1. The minimum atomic E-state index is 0.0567. The lowest BCUT2D eigenvalue weighted by molar-refractivity contribution is 0.215. The monoisotopic (exact) mass is 182 g/mol. The van der Waals surface area contributed by atoms with Gasteiger partial charge in [-0.05, 0) is 22.4 Å². The summed E-state index contributed by atoms with van der Waals surface area (Å²) in [5, 5.41) is 6.88.